The first-order valence-corrected chi connectivity index (χ1v) is 8.27. The minimum atomic E-state index is -0.402. The highest BCUT2D eigenvalue weighted by molar-refractivity contribution is 7.98. The third-order valence-electron chi connectivity index (χ3n) is 3.08. The third-order valence-corrected chi connectivity index (χ3v) is 3.83. The van der Waals surface area contributed by atoms with Crippen LogP contribution in [0.2, 0.25) is 0 Å². The largest absolute Gasteiger partial charge is 0.493 e. The van der Waals surface area contributed by atoms with Crippen molar-refractivity contribution in [3.63, 3.8) is 0 Å². The topological polar surface area (TPSA) is 81.4 Å². The van der Waals surface area contributed by atoms with E-state index in [1.165, 1.54) is 0 Å². The molecule has 0 saturated heterocycles. The number of nitrogens with two attached hydrogens (primary N) is 1. The van der Waals surface area contributed by atoms with Crippen LogP contribution in [0.5, 0.6) is 5.75 Å². The molecule has 0 unspecified atom stereocenters. The van der Waals surface area contributed by atoms with Gasteiger partial charge in [0.05, 0.1) is 13.0 Å². The van der Waals surface area contributed by atoms with E-state index in [0.29, 0.717) is 17.0 Å². The van der Waals surface area contributed by atoms with Crippen molar-refractivity contribution in [2.24, 2.45) is 5.73 Å². The van der Waals surface area contributed by atoms with Gasteiger partial charge in [0.15, 0.2) is 0 Å². The minimum Gasteiger partial charge on any atom is -0.493 e. The van der Waals surface area contributed by atoms with Crippen molar-refractivity contribution in [1.29, 1.82) is 0 Å². The van der Waals surface area contributed by atoms with Gasteiger partial charge in [-0.05, 0) is 54.8 Å². The van der Waals surface area contributed by atoms with Gasteiger partial charge < -0.3 is 15.8 Å². The Morgan fingerprint density at radius 1 is 1.09 bits per heavy atom. The molecule has 0 bridgehead atoms. The van der Waals surface area contributed by atoms with Crippen LogP contribution in [0, 0.1) is 0 Å². The summed E-state index contributed by atoms with van der Waals surface area (Å²) in [5.74, 6) is 0.0509. The number of carbonyl (C=O) groups is 2. The summed E-state index contributed by atoms with van der Waals surface area (Å²) in [5, 5.41) is 2.82. The number of anilines is 1. The molecule has 0 fully saturated rings. The molecule has 0 aliphatic heterocycles. The van der Waals surface area contributed by atoms with E-state index in [4.69, 9.17) is 10.5 Å². The van der Waals surface area contributed by atoms with E-state index in [0.717, 1.165) is 4.90 Å². The van der Waals surface area contributed by atoms with Crippen LogP contribution in [0.3, 0.4) is 0 Å². The summed E-state index contributed by atoms with van der Waals surface area (Å²) >= 11 is 1.63. The molecule has 0 aromatic heterocycles. The number of amides is 2. The molecule has 0 radical (unpaired) electrons. The van der Waals surface area contributed by atoms with Crippen LogP contribution in [0.1, 0.15) is 16.8 Å². The molecular weight excluding hydrogens is 312 g/mol. The highest BCUT2D eigenvalue weighted by Crippen LogP contribution is 2.18. The normalized spacial score (nSPS) is 10.1. The fraction of sp³-hybridized carbons (Fsp3) is 0.176. The second-order valence-electron chi connectivity index (χ2n) is 4.77. The Morgan fingerprint density at radius 2 is 1.74 bits per heavy atom. The van der Waals surface area contributed by atoms with Gasteiger partial charge in [0, 0.05) is 16.1 Å². The van der Waals surface area contributed by atoms with Crippen molar-refractivity contribution in [2.45, 2.75) is 11.3 Å². The van der Waals surface area contributed by atoms with E-state index in [9.17, 15) is 9.59 Å². The first-order valence-electron chi connectivity index (χ1n) is 7.05. The van der Waals surface area contributed by atoms with E-state index < -0.39 is 5.91 Å². The number of hydrogen-bond donors (Lipinski definition) is 2. The molecule has 0 atom stereocenters. The molecule has 0 spiro atoms. The SMILES string of the molecule is CSc1ccc(C(=O)Nc2ccc(OCCC(N)=O)cc2)cc1. The van der Waals surface area contributed by atoms with Crippen molar-refractivity contribution in [2.75, 3.05) is 18.2 Å². The zero-order valence-corrected chi connectivity index (χ0v) is 13.6. The number of benzene rings is 2. The summed E-state index contributed by atoms with van der Waals surface area (Å²) in [4.78, 5) is 23.9. The summed E-state index contributed by atoms with van der Waals surface area (Å²) in [6.07, 6.45) is 2.16. The lowest BCUT2D eigenvalue weighted by atomic mass is 10.2. The highest BCUT2D eigenvalue weighted by atomic mass is 32.2. The van der Waals surface area contributed by atoms with Crippen molar-refractivity contribution in [3.8, 4) is 5.75 Å². The van der Waals surface area contributed by atoms with Gasteiger partial charge in [-0.2, -0.15) is 0 Å². The predicted octanol–water partition coefficient (Wildman–Crippen LogP) is 2.92. The van der Waals surface area contributed by atoms with Gasteiger partial charge in [0.25, 0.3) is 5.91 Å². The highest BCUT2D eigenvalue weighted by Gasteiger charge is 2.06. The molecule has 5 nitrogen and oxygen atoms in total. The van der Waals surface area contributed by atoms with Gasteiger partial charge in [0.1, 0.15) is 5.75 Å². The molecule has 3 N–H and O–H groups in total. The van der Waals surface area contributed by atoms with Crippen LogP contribution in [-0.4, -0.2) is 24.7 Å². The lowest BCUT2D eigenvalue weighted by Gasteiger charge is -2.08. The molecule has 23 heavy (non-hydrogen) atoms. The second-order valence-corrected chi connectivity index (χ2v) is 5.65. The zero-order chi connectivity index (χ0) is 16.7. The summed E-state index contributed by atoms with van der Waals surface area (Å²) < 4.78 is 5.37. The smallest absolute Gasteiger partial charge is 0.255 e. The van der Waals surface area contributed by atoms with Crippen LogP contribution in [0.15, 0.2) is 53.4 Å². The minimum absolute atomic E-state index is 0.167. The molecule has 0 aliphatic rings. The Labute approximate surface area is 139 Å². The maximum absolute atomic E-state index is 12.1. The van der Waals surface area contributed by atoms with Crippen LogP contribution in [-0.2, 0) is 4.79 Å². The van der Waals surface area contributed by atoms with Gasteiger partial charge in [-0.25, -0.2) is 0 Å². The number of carbonyl (C=O) groups excluding carboxylic acids is 2. The first kappa shape index (κ1) is 16.9. The number of thioether (sulfide) groups is 1. The maximum Gasteiger partial charge on any atom is 0.255 e. The van der Waals surface area contributed by atoms with Crippen LogP contribution < -0.4 is 15.8 Å². The number of primary amides is 1. The first-order chi connectivity index (χ1) is 11.1. The molecule has 120 valence electrons. The van der Waals surface area contributed by atoms with E-state index >= 15 is 0 Å². The Balaban J connectivity index is 1.91. The molecular formula is C17H18N2O3S. The molecule has 0 heterocycles. The van der Waals surface area contributed by atoms with E-state index in [2.05, 4.69) is 5.32 Å². The molecule has 2 aromatic carbocycles. The molecule has 0 saturated carbocycles. The predicted molar refractivity (Wildman–Crippen MR) is 91.9 cm³/mol. The van der Waals surface area contributed by atoms with Gasteiger partial charge in [-0.15, -0.1) is 11.8 Å². The molecule has 2 amide bonds. The standard InChI is InChI=1S/C17H18N2O3S/c1-23-15-8-2-12(3-9-15)17(21)19-13-4-6-14(7-5-13)22-11-10-16(18)20/h2-9H,10-11H2,1H3,(H2,18,20)(H,19,21). The average molecular weight is 330 g/mol. The Hall–Kier alpha value is -2.47. The zero-order valence-electron chi connectivity index (χ0n) is 12.7. The van der Waals surface area contributed by atoms with Crippen molar-refractivity contribution < 1.29 is 14.3 Å². The Kier molecular flexibility index (Phi) is 6.05. The maximum atomic E-state index is 12.1. The Bertz CT molecular complexity index is 669. The quantitative estimate of drug-likeness (QED) is 0.765. The molecule has 0 aliphatic carbocycles. The lowest BCUT2D eigenvalue weighted by Crippen LogP contribution is -2.14. The van der Waals surface area contributed by atoms with Crippen LogP contribution in [0.4, 0.5) is 5.69 Å². The molecule has 6 heteroatoms. The van der Waals surface area contributed by atoms with Crippen LogP contribution >= 0.6 is 11.8 Å². The van der Waals surface area contributed by atoms with E-state index in [1.54, 1.807) is 48.2 Å². The summed E-state index contributed by atoms with van der Waals surface area (Å²) in [6, 6.07) is 14.4. The van der Waals surface area contributed by atoms with Crippen molar-refractivity contribution in [3.05, 3.63) is 54.1 Å². The van der Waals surface area contributed by atoms with Crippen molar-refractivity contribution >= 4 is 29.3 Å². The van der Waals surface area contributed by atoms with E-state index in [-0.39, 0.29) is 18.9 Å². The third kappa shape index (κ3) is 5.34. The number of rotatable bonds is 7. The summed E-state index contributed by atoms with van der Waals surface area (Å²) in [7, 11) is 0. The molecule has 2 rings (SSSR count). The molecule has 2 aromatic rings. The number of ether oxygens (including phenoxy) is 1. The average Bonchev–Trinajstić information content (AvgIpc) is 2.56. The second kappa shape index (κ2) is 8.24. The lowest BCUT2D eigenvalue weighted by molar-refractivity contribution is -0.118. The number of hydrogen-bond acceptors (Lipinski definition) is 4. The van der Waals surface area contributed by atoms with Gasteiger partial charge in [0.2, 0.25) is 5.91 Å². The Morgan fingerprint density at radius 3 is 2.30 bits per heavy atom. The van der Waals surface area contributed by atoms with Gasteiger partial charge in [-0.1, -0.05) is 0 Å². The van der Waals surface area contributed by atoms with Gasteiger partial charge >= 0.3 is 0 Å². The van der Waals surface area contributed by atoms with Crippen LogP contribution in [0.25, 0.3) is 0 Å². The van der Waals surface area contributed by atoms with Crippen molar-refractivity contribution in [1.82, 2.24) is 0 Å². The fourth-order valence-corrected chi connectivity index (χ4v) is 2.26. The van der Waals surface area contributed by atoms with E-state index in [1.807, 2.05) is 18.4 Å². The fourth-order valence-electron chi connectivity index (χ4n) is 1.85. The van der Waals surface area contributed by atoms with Gasteiger partial charge in [-0.3, -0.25) is 9.59 Å². The number of nitrogens with one attached hydrogen (secondary N) is 1. The monoisotopic (exact) mass is 330 g/mol. The summed E-state index contributed by atoms with van der Waals surface area (Å²) in [5.41, 5.74) is 6.32. The summed E-state index contributed by atoms with van der Waals surface area (Å²) in [6.45, 7) is 0.239.